The highest BCUT2D eigenvalue weighted by Crippen LogP contribution is 2.23. The number of aromatic nitrogens is 4. The molecule has 2 heterocycles. The molecule has 6 rings (SSSR count). The van der Waals surface area contributed by atoms with E-state index in [0.29, 0.717) is 34.0 Å². The largest absolute Gasteiger partial charge is 0.457 e. The Labute approximate surface area is 257 Å². The fraction of sp³-hybridized carbons (Fsp3) is 0.0556. The van der Waals surface area contributed by atoms with Crippen molar-refractivity contribution in [2.45, 2.75) is 13.8 Å². The van der Waals surface area contributed by atoms with Crippen LogP contribution in [0.25, 0.3) is 11.4 Å². The molecule has 9 heteroatoms. The SMILES string of the molecule is Cc1ccc(-n2nc(C(=O)c3ccc(Oc4ccc(C(=O)c5ccc(=O)n(-c6ccc(C)cc6)n5)cc4)cc3)ccc2=O)cc1. The summed E-state index contributed by atoms with van der Waals surface area (Å²) in [6, 6.07) is 33.1. The number of carbonyl (C=O) groups excluding carboxylic acids is 2. The van der Waals surface area contributed by atoms with Gasteiger partial charge in [-0.2, -0.15) is 19.6 Å². The average molecular weight is 595 g/mol. The Hall–Kier alpha value is -6.22. The number of hydrogen-bond donors (Lipinski definition) is 0. The topological polar surface area (TPSA) is 113 Å². The zero-order valence-corrected chi connectivity index (χ0v) is 24.4. The lowest BCUT2D eigenvalue weighted by Gasteiger charge is -2.09. The van der Waals surface area contributed by atoms with Gasteiger partial charge in [-0.25, -0.2) is 0 Å². The van der Waals surface area contributed by atoms with Gasteiger partial charge in [0.25, 0.3) is 11.1 Å². The van der Waals surface area contributed by atoms with Crippen molar-refractivity contribution in [1.82, 2.24) is 19.6 Å². The summed E-state index contributed by atoms with van der Waals surface area (Å²) >= 11 is 0. The first-order valence-corrected chi connectivity index (χ1v) is 14.1. The van der Waals surface area contributed by atoms with Crippen LogP contribution in [0.15, 0.2) is 131 Å². The summed E-state index contributed by atoms with van der Waals surface area (Å²) in [6.07, 6.45) is 0. The van der Waals surface area contributed by atoms with Crippen molar-refractivity contribution in [3.63, 3.8) is 0 Å². The maximum absolute atomic E-state index is 13.1. The van der Waals surface area contributed by atoms with Gasteiger partial charge >= 0.3 is 0 Å². The van der Waals surface area contributed by atoms with Gasteiger partial charge in [0.05, 0.1) is 11.4 Å². The Morgan fingerprint density at radius 2 is 0.844 bits per heavy atom. The predicted molar refractivity (Wildman–Crippen MR) is 169 cm³/mol. The number of carbonyl (C=O) groups is 2. The second kappa shape index (κ2) is 12.2. The standard InChI is InChI=1S/C36H26N4O5/c1-23-3-11-27(12-4-23)39-33(41)21-19-31(37-39)35(43)25-7-15-29(16-8-25)45-30-17-9-26(10-18-30)36(44)32-20-22-34(42)40(38-32)28-13-5-24(2)6-14-28/h3-22H,1-2H3. The van der Waals surface area contributed by atoms with E-state index in [-0.39, 0.29) is 34.1 Å². The Balaban J connectivity index is 1.14. The van der Waals surface area contributed by atoms with Crippen molar-refractivity contribution in [3.8, 4) is 22.9 Å². The number of ether oxygens (including phenoxy) is 1. The number of ketones is 2. The smallest absolute Gasteiger partial charge is 0.271 e. The number of aryl methyl sites for hydroxylation is 2. The van der Waals surface area contributed by atoms with Crippen molar-refractivity contribution in [1.29, 1.82) is 0 Å². The van der Waals surface area contributed by atoms with Gasteiger partial charge in [-0.3, -0.25) is 19.2 Å². The zero-order valence-electron chi connectivity index (χ0n) is 24.4. The molecule has 0 spiro atoms. The number of nitrogens with zero attached hydrogens (tertiary/aromatic N) is 4. The first-order valence-electron chi connectivity index (χ1n) is 14.1. The fourth-order valence-corrected chi connectivity index (χ4v) is 4.59. The molecule has 0 bridgehead atoms. The lowest BCUT2D eigenvalue weighted by molar-refractivity contribution is 0.102. The maximum Gasteiger partial charge on any atom is 0.271 e. The molecule has 0 N–H and O–H groups in total. The van der Waals surface area contributed by atoms with Crippen molar-refractivity contribution in [3.05, 3.63) is 176 Å². The van der Waals surface area contributed by atoms with E-state index in [9.17, 15) is 19.2 Å². The van der Waals surface area contributed by atoms with Gasteiger partial charge in [-0.1, -0.05) is 35.4 Å². The van der Waals surface area contributed by atoms with Gasteiger partial charge in [0, 0.05) is 23.3 Å². The van der Waals surface area contributed by atoms with E-state index >= 15 is 0 Å². The van der Waals surface area contributed by atoms with Crippen LogP contribution in [0.1, 0.15) is 43.2 Å². The normalized spacial score (nSPS) is 10.8. The van der Waals surface area contributed by atoms with Gasteiger partial charge in [-0.15, -0.1) is 0 Å². The van der Waals surface area contributed by atoms with Gasteiger partial charge < -0.3 is 4.74 Å². The summed E-state index contributed by atoms with van der Waals surface area (Å²) in [7, 11) is 0. The van der Waals surface area contributed by atoms with E-state index in [2.05, 4.69) is 10.2 Å². The molecule has 0 amide bonds. The highest BCUT2D eigenvalue weighted by molar-refractivity contribution is 6.08. The fourth-order valence-electron chi connectivity index (χ4n) is 4.59. The first-order chi connectivity index (χ1) is 21.7. The average Bonchev–Trinajstić information content (AvgIpc) is 3.06. The molecule has 2 aromatic heterocycles. The molecule has 6 aromatic rings. The summed E-state index contributed by atoms with van der Waals surface area (Å²) in [5, 5.41) is 8.57. The molecule has 0 atom stereocenters. The van der Waals surface area contributed by atoms with E-state index in [1.807, 2.05) is 38.1 Å². The predicted octanol–water partition coefficient (Wildman–Crippen LogP) is 5.65. The van der Waals surface area contributed by atoms with Crippen molar-refractivity contribution in [2.75, 3.05) is 0 Å². The summed E-state index contributed by atoms with van der Waals surface area (Å²) < 4.78 is 8.33. The molecule has 0 fully saturated rings. The number of rotatable bonds is 8. The number of hydrogen-bond acceptors (Lipinski definition) is 7. The van der Waals surface area contributed by atoms with Crippen LogP contribution in [0.2, 0.25) is 0 Å². The summed E-state index contributed by atoms with van der Waals surface area (Å²) in [4.78, 5) is 51.1. The quantitative estimate of drug-likeness (QED) is 0.209. The van der Waals surface area contributed by atoms with Crippen LogP contribution in [0.4, 0.5) is 0 Å². The van der Waals surface area contributed by atoms with Crippen LogP contribution in [0, 0.1) is 13.8 Å². The second-order valence-electron chi connectivity index (χ2n) is 10.4. The molecule has 0 aliphatic carbocycles. The van der Waals surface area contributed by atoms with Crippen molar-refractivity contribution >= 4 is 11.6 Å². The lowest BCUT2D eigenvalue weighted by atomic mass is 10.1. The monoisotopic (exact) mass is 594 g/mol. The Kier molecular flexibility index (Phi) is 7.82. The third-order valence-corrected chi connectivity index (χ3v) is 7.09. The summed E-state index contributed by atoms with van der Waals surface area (Å²) in [6.45, 7) is 3.89. The molecular formula is C36H26N4O5. The molecule has 0 unspecified atom stereocenters. The van der Waals surface area contributed by atoms with Crippen LogP contribution >= 0.6 is 0 Å². The Morgan fingerprint density at radius 1 is 0.489 bits per heavy atom. The zero-order chi connectivity index (χ0) is 31.5. The molecule has 0 aliphatic heterocycles. The van der Waals surface area contributed by atoms with Crippen LogP contribution in [0.5, 0.6) is 11.5 Å². The Morgan fingerprint density at radius 3 is 1.20 bits per heavy atom. The highest BCUT2D eigenvalue weighted by Gasteiger charge is 2.15. The molecular weight excluding hydrogens is 568 g/mol. The molecule has 45 heavy (non-hydrogen) atoms. The van der Waals surface area contributed by atoms with E-state index in [1.54, 1.807) is 72.8 Å². The summed E-state index contributed by atoms with van der Waals surface area (Å²) in [5.74, 6) is 0.283. The molecule has 220 valence electrons. The maximum atomic E-state index is 13.1. The minimum absolute atomic E-state index is 0.132. The molecule has 0 radical (unpaired) electrons. The van der Waals surface area contributed by atoms with E-state index in [0.717, 1.165) is 11.1 Å². The van der Waals surface area contributed by atoms with Crippen molar-refractivity contribution in [2.24, 2.45) is 0 Å². The van der Waals surface area contributed by atoms with Crippen LogP contribution in [-0.2, 0) is 0 Å². The van der Waals surface area contributed by atoms with E-state index in [1.165, 1.54) is 33.6 Å². The minimum Gasteiger partial charge on any atom is -0.457 e. The van der Waals surface area contributed by atoms with Crippen LogP contribution in [-0.4, -0.2) is 31.1 Å². The van der Waals surface area contributed by atoms with E-state index in [4.69, 9.17) is 4.74 Å². The molecule has 9 nitrogen and oxygen atoms in total. The number of benzene rings is 4. The molecule has 0 saturated carbocycles. The van der Waals surface area contributed by atoms with Gasteiger partial charge in [0.15, 0.2) is 0 Å². The first kappa shape index (κ1) is 28.9. The molecule has 0 saturated heterocycles. The van der Waals surface area contributed by atoms with E-state index < -0.39 is 0 Å². The van der Waals surface area contributed by atoms with Gasteiger partial charge in [0.1, 0.15) is 22.9 Å². The Bertz CT molecular complexity index is 1990. The lowest BCUT2D eigenvalue weighted by Crippen LogP contribution is -2.23. The summed E-state index contributed by atoms with van der Waals surface area (Å²) in [5.41, 5.74) is 3.57. The third kappa shape index (κ3) is 6.28. The van der Waals surface area contributed by atoms with Gasteiger partial charge in [-0.05, 0) is 98.8 Å². The minimum atomic E-state index is -0.340. The van der Waals surface area contributed by atoms with Gasteiger partial charge in [0.2, 0.25) is 11.6 Å². The molecule has 4 aromatic carbocycles. The van der Waals surface area contributed by atoms with Crippen LogP contribution in [0.3, 0.4) is 0 Å². The van der Waals surface area contributed by atoms with Crippen molar-refractivity contribution < 1.29 is 14.3 Å². The molecule has 0 aliphatic rings. The van der Waals surface area contributed by atoms with Crippen LogP contribution < -0.4 is 15.9 Å². The highest BCUT2D eigenvalue weighted by atomic mass is 16.5. The second-order valence-corrected chi connectivity index (χ2v) is 10.4. The third-order valence-electron chi connectivity index (χ3n) is 7.09.